The fourth-order valence-electron chi connectivity index (χ4n) is 1.02. The third kappa shape index (κ3) is 3.70. The highest BCUT2D eigenvalue weighted by Gasteiger charge is 2.03. The van der Waals surface area contributed by atoms with Crippen LogP contribution in [-0.2, 0) is 9.53 Å². The molecule has 0 aliphatic heterocycles. The van der Waals surface area contributed by atoms with Crippen molar-refractivity contribution in [1.29, 1.82) is 0 Å². The Morgan fingerprint density at radius 2 is 2.31 bits per heavy atom. The predicted octanol–water partition coefficient (Wildman–Crippen LogP) is 1.91. The molecule has 0 aromatic heterocycles. The van der Waals surface area contributed by atoms with E-state index >= 15 is 0 Å². The summed E-state index contributed by atoms with van der Waals surface area (Å²) in [6.07, 6.45) is 2.31. The lowest BCUT2D eigenvalue weighted by molar-refractivity contribution is -0.131. The van der Waals surface area contributed by atoms with Gasteiger partial charge in [-0.15, -0.1) is 0 Å². The summed E-state index contributed by atoms with van der Waals surface area (Å²) in [5.41, 5.74) is 0.537. The molecule has 0 atom stereocenters. The molecule has 0 fully saturated rings. The zero-order chi connectivity index (χ0) is 12.0. The van der Waals surface area contributed by atoms with E-state index in [0.29, 0.717) is 5.56 Å². The van der Waals surface area contributed by atoms with Crippen LogP contribution in [0.4, 0.5) is 4.39 Å². The molecule has 16 heavy (non-hydrogen) atoms. The second kappa shape index (κ2) is 5.87. The molecule has 0 radical (unpaired) electrons. The number of methoxy groups -OCH3 is 1. The molecule has 1 rings (SSSR count). The number of hydrogen-bond donors (Lipinski definition) is 1. The van der Waals surface area contributed by atoms with Gasteiger partial charge in [-0.05, 0) is 23.8 Å². The predicted molar refractivity (Wildman–Crippen MR) is 55.6 cm³/mol. The van der Waals surface area contributed by atoms with Crippen molar-refractivity contribution in [3.05, 3.63) is 35.7 Å². The molecule has 86 valence electrons. The quantitative estimate of drug-likeness (QED) is 0.615. The van der Waals surface area contributed by atoms with Crippen LogP contribution in [0.3, 0.4) is 0 Å². The maximum atomic E-state index is 13.2. The Morgan fingerprint density at radius 1 is 1.56 bits per heavy atom. The highest BCUT2D eigenvalue weighted by molar-refractivity contribution is 5.85. The molecule has 1 aromatic carbocycles. The third-order valence-electron chi connectivity index (χ3n) is 1.71. The largest absolute Gasteiger partial charge is 0.478 e. The average molecular weight is 226 g/mol. The Labute approximate surface area is 91.9 Å². The van der Waals surface area contributed by atoms with Crippen molar-refractivity contribution in [2.24, 2.45) is 0 Å². The molecule has 0 saturated carbocycles. The third-order valence-corrected chi connectivity index (χ3v) is 1.71. The molecule has 4 nitrogen and oxygen atoms in total. The molecule has 0 amide bonds. The number of aliphatic carboxylic acids is 1. The lowest BCUT2D eigenvalue weighted by Crippen LogP contribution is -2.00. The number of carbonyl (C=O) groups is 1. The molecule has 0 bridgehead atoms. The highest BCUT2D eigenvalue weighted by Crippen LogP contribution is 2.19. The van der Waals surface area contributed by atoms with Crippen LogP contribution in [0, 0.1) is 5.82 Å². The summed E-state index contributed by atoms with van der Waals surface area (Å²) < 4.78 is 22.8. The molecule has 0 spiro atoms. The maximum absolute atomic E-state index is 13.2. The SMILES string of the molecule is COCOc1cc(/C=C/C(=O)O)ccc1F. The van der Waals surface area contributed by atoms with E-state index in [4.69, 9.17) is 9.84 Å². The normalized spacial score (nSPS) is 10.6. The van der Waals surface area contributed by atoms with E-state index < -0.39 is 11.8 Å². The van der Waals surface area contributed by atoms with E-state index in [9.17, 15) is 9.18 Å². The number of benzene rings is 1. The Hall–Kier alpha value is -1.88. The van der Waals surface area contributed by atoms with Crippen molar-refractivity contribution in [3.63, 3.8) is 0 Å². The molecular weight excluding hydrogens is 215 g/mol. The molecule has 1 aromatic rings. The Bertz CT molecular complexity index is 401. The summed E-state index contributed by atoms with van der Waals surface area (Å²) in [7, 11) is 1.42. The minimum Gasteiger partial charge on any atom is -0.478 e. The summed E-state index contributed by atoms with van der Waals surface area (Å²) in [5, 5.41) is 8.43. The number of halogens is 1. The van der Waals surface area contributed by atoms with Gasteiger partial charge in [0.15, 0.2) is 18.4 Å². The highest BCUT2D eigenvalue weighted by atomic mass is 19.1. The van der Waals surface area contributed by atoms with Crippen LogP contribution in [-0.4, -0.2) is 25.0 Å². The number of rotatable bonds is 5. The molecule has 0 unspecified atom stereocenters. The Balaban J connectivity index is 2.84. The topological polar surface area (TPSA) is 55.8 Å². The fraction of sp³-hybridized carbons (Fsp3) is 0.182. The lowest BCUT2D eigenvalue weighted by atomic mass is 10.2. The van der Waals surface area contributed by atoms with Gasteiger partial charge in [-0.1, -0.05) is 6.07 Å². The lowest BCUT2D eigenvalue weighted by Gasteiger charge is -2.06. The van der Waals surface area contributed by atoms with Crippen molar-refractivity contribution in [3.8, 4) is 5.75 Å². The van der Waals surface area contributed by atoms with Gasteiger partial charge in [-0.25, -0.2) is 9.18 Å². The summed E-state index contributed by atoms with van der Waals surface area (Å²) in [6.45, 7) is -0.0665. The molecule has 0 saturated heterocycles. The van der Waals surface area contributed by atoms with Gasteiger partial charge in [0.1, 0.15) is 0 Å². The first-order valence-corrected chi connectivity index (χ1v) is 4.46. The maximum Gasteiger partial charge on any atom is 0.328 e. The summed E-state index contributed by atoms with van der Waals surface area (Å²) in [5.74, 6) is -1.57. The number of hydrogen-bond acceptors (Lipinski definition) is 3. The van der Waals surface area contributed by atoms with Gasteiger partial charge < -0.3 is 14.6 Å². The van der Waals surface area contributed by atoms with Crippen molar-refractivity contribution >= 4 is 12.0 Å². The molecule has 0 aliphatic carbocycles. The van der Waals surface area contributed by atoms with Crippen molar-refractivity contribution in [1.82, 2.24) is 0 Å². The Morgan fingerprint density at radius 3 is 2.94 bits per heavy atom. The van der Waals surface area contributed by atoms with Gasteiger partial charge >= 0.3 is 5.97 Å². The van der Waals surface area contributed by atoms with Crippen molar-refractivity contribution in [2.75, 3.05) is 13.9 Å². The van der Waals surface area contributed by atoms with E-state index in [1.54, 1.807) is 0 Å². The van der Waals surface area contributed by atoms with Gasteiger partial charge in [0.05, 0.1) is 0 Å². The first-order chi connectivity index (χ1) is 7.63. The van der Waals surface area contributed by atoms with E-state index in [2.05, 4.69) is 4.74 Å². The van der Waals surface area contributed by atoms with E-state index in [0.717, 1.165) is 6.08 Å². The smallest absolute Gasteiger partial charge is 0.328 e. The van der Waals surface area contributed by atoms with Crippen LogP contribution in [0.15, 0.2) is 24.3 Å². The van der Waals surface area contributed by atoms with Gasteiger partial charge in [-0.3, -0.25) is 0 Å². The first kappa shape index (κ1) is 12.2. The first-order valence-electron chi connectivity index (χ1n) is 4.46. The summed E-state index contributed by atoms with van der Waals surface area (Å²) in [6, 6.07) is 4.05. The second-order valence-corrected chi connectivity index (χ2v) is 2.91. The molecule has 0 aliphatic rings. The summed E-state index contributed by atoms with van der Waals surface area (Å²) in [4.78, 5) is 10.3. The zero-order valence-electron chi connectivity index (χ0n) is 8.64. The monoisotopic (exact) mass is 226 g/mol. The van der Waals surface area contributed by atoms with Crippen LogP contribution in [0.5, 0.6) is 5.75 Å². The standard InChI is InChI=1S/C11H11FO4/c1-15-7-16-10-6-8(2-4-9(10)12)3-5-11(13)14/h2-6H,7H2,1H3,(H,13,14)/b5-3+. The van der Waals surface area contributed by atoms with E-state index in [-0.39, 0.29) is 12.5 Å². The average Bonchev–Trinajstić information content (AvgIpc) is 2.26. The number of ether oxygens (including phenoxy) is 2. The fourth-order valence-corrected chi connectivity index (χ4v) is 1.02. The molecule has 0 heterocycles. The van der Waals surface area contributed by atoms with E-state index in [1.807, 2.05) is 0 Å². The van der Waals surface area contributed by atoms with Gasteiger partial charge in [-0.2, -0.15) is 0 Å². The van der Waals surface area contributed by atoms with Crippen LogP contribution in [0.2, 0.25) is 0 Å². The minimum atomic E-state index is -1.07. The van der Waals surface area contributed by atoms with Gasteiger partial charge in [0.25, 0.3) is 0 Å². The minimum absolute atomic E-state index is 0.0226. The molecule has 5 heteroatoms. The zero-order valence-corrected chi connectivity index (χ0v) is 8.64. The van der Waals surface area contributed by atoms with Crippen LogP contribution in [0.25, 0.3) is 6.08 Å². The van der Waals surface area contributed by atoms with E-state index in [1.165, 1.54) is 31.4 Å². The van der Waals surface area contributed by atoms with Gasteiger partial charge in [0, 0.05) is 13.2 Å². The van der Waals surface area contributed by atoms with Crippen molar-refractivity contribution in [2.45, 2.75) is 0 Å². The van der Waals surface area contributed by atoms with Gasteiger partial charge in [0.2, 0.25) is 0 Å². The van der Waals surface area contributed by atoms with Crippen LogP contribution >= 0.6 is 0 Å². The molecular formula is C11H11FO4. The Kier molecular flexibility index (Phi) is 4.47. The number of carboxylic acids is 1. The van der Waals surface area contributed by atoms with Crippen LogP contribution < -0.4 is 4.74 Å². The number of carboxylic acid groups (broad SMARTS) is 1. The van der Waals surface area contributed by atoms with Crippen LogP contribution in [0.1, 0.15) is 5.56 Å². The summed E-state index contributed by atoms with van der Waals surface area (Å²) >= 11 is 0. The molecule has 1 N–H and O–H groups in total. The second-order valence-electron chi connectivity index (χ2n) is 2.91. The van der Waals surface area contributed by atoms with Crippen molar-refractivity contribution < 1.29 is 23.8 Å².